The first-order valence-corrected chi connectivity index (χ1v) is 4.04. The van der Waals surface area contributed by atoms with Crippen molar-refractivity contribution in [3.63, 3.8) is 0 Å². The maximum Gasteiger partial charge on any atom is 0.207 e. The third-order valence-corrected chi connectivity index (χ3v) is 1.62. The zero-order valence-electron chi connectivity index (χ0n) is 7.82. The van der Waals surface area contributed by atoms with Crippen LogP contribution in [0.4, 0.5) is 5.82 Å². The summed E-state index contributed by atoms with van der Waals surface area (Å²) in [4.78, 5) is 16.3. The third-order valence-electron chi connectivity index (χ3n) is 1.62. The number of nitrogens with one attached hydrogen (secondary N) is 1. The summed E-state index contributed by atoms with van der Waals surface area (Å²) in [6.07, 6.45) is 0.671. The second-order valence-corrected chi connectivity index (χ2v) is 2.88. The van der Waals surface area contributed by atoms with Crippen molar-refractivity contribution in [1.82, 2.24) is 10.3 Å². The molecule has 0 fully saturated rings. The number of pyridine rings is 1. The number of aromatic nitrogens is 1. The van der Waals surface area contributed by atoms with Gasteiger partial charge in [-0.05, 0) is 12.1 Å². The van der Waals surface area contributed by atoms with Crippen LogP contribution < -0.4 is 10.2 Å². The summed E-state index contributed by atoms with van der Waals surface area (Å²) in [5.74, 6) is 0.894. The van der Waals surface area contributed by atoms with Gasteiger partial charge in [-0.3, -0.25) is 4.79 Å². The predicted molar refractivity (Wildman–Crippen MR) is 51.5 cm³/mol. The average molecular weight is 179 g/mol. The van der Waals surface area contributed by atoms with E-state index in [2.05, 4.69) is 10.3 Å². The standard InChI is InChI=1S/C9H13N3O/c1-12(2)9-5-3-4-8(11-9)6-10-7-13/h3-5,7H,6H2,1-2H3,(H,10,13). The Hall–Kier alpha value is -1.58. The molecular formula is C9H13N3O. The fraction of sp³-hybridized carbons (Fsp3) is 0.333. The number of carbonyl (C=O) groups excluding carboxylic acids is 1. The lowest BCUT2D eigenvalue weighted by atomic mass is 10.3. The van der Waals surface area contributed by atoms with E-state index >= 15 is 0 Å². The highest BCUT2D eigenvalue weighted by Gasteiger charge is 1.97. The molecule has 1 aromatic rings. The first-order valence-electron chi connectivity index (χ1n) is 4.04. The van der Waals surface area contributed by atoms with Gasteiger partial charge < -0.3 is 10.2 Å². The Morgan fingerprint density at radius 1 is 1.54 bits per heavy atom. The topological polar surface area (TPSA) is 45.2 Å². The van der Waals surface area contributed by atoms with Gasteiger partial charge in [0, 0.05) is 14.1 Å². The highest BCUT2D eigenvalue weighted by molar-refractivity contribution is 5.46. The SMILES string of the molecule is CN(C)c1cccc(CNC=O)n1. The number of rotatable bonds is 4. The van der Waals surface area contributed by atoms with Crippen molar-refractivity contribution in [3.05, 3.63) is 23.9 Å². The van der Waals surface area contributed by atoms with Crippen LogP contribution in [-0.4, -0.2) is 25.5 Å². The van der Waals surface area contributed by atoms with Crippen molar-refractivity contribution in [2.75, 3.05) is 19.0 Å². The Morgan fingerprint density at radius 2 is 2.31 bits per heavy atom. The van der Waals surface area contributed by atoms with Gasteiger partial charge in [0.05, 0.1) is 12.2 Å². The molecule has 0 bridgehead atoms. The molecule has 70 valence electrons. The van der Waals surface area contributed by atoms with Crippen LogP contribution in [0.3, 0.4) is 0 Å². The molecular weight excluding hydrogens is 166 g/mol. The summed E-state index contributed by atoms with van der Waals surface area (Å²) in [5.41, 5.74) is 0.860. The van der Waals surface area contributed by atoms with Crippen molar-refractivity contribution < 1.29 is 4.79 Å². The molecule has 0 atom stereocenters. The average Bonchev–Trinajstić information content (AvgIpc) is 2.15. The van der Waals surface area contributed by atoms with Crippen LogP contribution >= 0.6 is 0 Å². The summed E-state index contributed by atoms with van der Waals surface area (Å²) < 4.78 is 0. The molecule has 1 heterocycles. The number of carbonyl (C=O) groups is 1. The summed E-state index contributed by atoms with van der Waals surface area (Å²) >= 11 is 0. The minimum absolute atomic E-state index is 0.477. The van der Waals surface area contributed by atoms with Gasteiger partial charge >= 0.3 is 0 Å². The van der Waals surface area contributed by atoms with Gasteiger partial charge in [-0.25, -0.2) is 4.98 Å². The van der Waals surface area contributed by atoms with E-state index in [4.69, 9.17) is 0 Å². The molecule has 1 rings (SSSR count). The van der Waals surface area contributed by atoms with Gasteiger partial charge in [-0.2, -0.15) is 0 Å². The normalized spacial score (nSPS) is 9.38. The Labute approximate surface area is 77.6 Å². The molecule has 0 saturated carbocycles. The lowest BCUT2D eigenvalue weighted by Gasteiger charge is -2.11. The van der Waals surface area contributed by atoms with Gasteiger partial charge in [-0.15, -0.1) is 0 Å². The van der Waals surface area contributed by atoms with Crippen molar-refractivity contribution in [2.24, 2.45) is 0 Å². The highest BCUT2D eigenvalue weighted by atomic mass is 16.1. The molecule has 0 radical (unpaired) electrons. The summed E-state index contributed by atoms with van der Waals surface area (Å²) in [6, 6.07) is 5.72. The van der Waals surface area contributed by atoms with E-state index in [9.17, 15) is 4.79 Å². The van der Waals surface area contributed by atoms with Crippen LogP contribution in [0.15, 0.2) is 18.2 Å². The smallest absolute Gasteiger partial charge is 0.207 e. The molecule has 0 unspecified atom stereocenters. The molecule has 0 aliphatic rings. The van der Waals surface area contributed by atoms with E-state index in [1.54, 1.807) is 0 Å². The fourth-order valence-corrected chi connectivity index (χ4v) is 0.961. The van der Waals surface area contributed by atoms with Gasteiger partial charge in [-0.1, -0.05) is 6.07 Å². The molecule has 0 aliphatic carbocycles. The van der Waals surface area contributed by atoms with E-state index in [0.717, 1.165) is 11.5 Å². The van der Waals surface area contributed by atoms with E-state index < -0.39 is 0 Å². The Balaban J connectivity index is 2.73. The summed E-state index contributed by atoms with van der Waals surface area (Å²) in [5, 5.41) is 2.57. The molecule has 1 amide bonds. The minimum atomic E-state index is 0.477. The van der Waals surface area contributed by atoms with Crippen LogP contribution in [0, 0.1) is 0 Å². The number of nitrogens with zero attached hydrogens (tertiary/aromatic N) is 2. The van der Waals surface area contributed by atoms with Crippen LogP contribution in [0.25, 0.3) is 0 Å². The monoisotopic (exact) mass is 179 g/mol. The summed E-state index contributed by atoms with van der Waals surface area (Å²) in [7, 11) is 3.86. The second-order valence-electron chi connectivity index (χ2n) is 2.88. The minimum Gasteiger partial charge on any atom is -0.363 e. The second kappa shape index (κ2) is 4.45. The number of amides is 1. The molecule has 0 aromatic carbocycles. The van der Waals surface area contributed by atoms with Crippen LogP contribution in [0.2, 0.25) is 0 Å². The fourth-order valence-electron chi connectivity index (χ4n) is 0.961. The van der Waals surface area contributed by atoms with Gasteiger partial charge in [0.15, 0.2) is 0 Å². The van der Waals surface area contributed by atoms with Crippen LogP contribution in [-0.2, 0) is 11.3 Å². The quantitative estimate of drug-likeness (QED) is 0.680. The lowest BCUT2D eigenvalue weighted by Crippen LogP contribution is -2.14. The molecule has 0 aliphatic heterocycles. The zero-order valence-corrected chi connectivity index (χ0v) is 7.82. The van der Waals surface area contributed by atoms with Crippen LogP contribution in [0.5, 0.6) is 0 Å². The number of hydrogen-bond donors (Lipinski definition) is 1. The van der Waals surface area contributed by atoms with Crippen molar-refractivity contribution >= 4 is 12.2 Å². The van der Waals surface area contributed by atoms with Gasteiger partial charge in [0.1, 0.15) is 5.82 Å². The first-order chi connectivity index (χ1) is 6.24. The zero-order chi connectivity index (χ0) is 9.68. The maximum atomic E-state index is 10.0. The van der Waals surface area contributed by atoms with Gasteiger partial charge in [0.2, 0.25) is 6.41 Å². The number of anilines is 1. The predicted octanol–water partition coefficient (Wildman–Crippen LogP) is 0.394. The van der Waals surface area contributed by atoms with E-state index in [1.165, 1.54) is 0 Å². The van der Waals surface area contributed by atoms with E-state index in [1.807, 2.05) is 37.2 Å². The van der Waals surface area contributed by atoms with Gasteiger partial charge in [0.25, 0.3) is 0 Å². The third kappa shape index (κ3) is 2.74. The van der Waals surface area contributed by atoms with Crippen molar-refractivity contribution in [2.45, 2.75) is 6.54 Å². The maximum absolute atomic E-state index is 10.0. The molecule has 0 spiro atoms. The molecule has 4 nitrogen and oxygen atoms in total. The van der Waals surface area contributed by atoms with Crippen LogP contribution in [0.1, 0.15) is 5.69 Å². The Morgan fingerprint density at radius 3 is 2.92 bits per heavy atom. The molecule has 4 heteroatoms. The van der Waals surface area contributed by atoms with E-state index in [-0.39, 0.29) is 0 Å². The van der Waals surface area contributed by atoms with Crippen molar-refractivity contribution in [3.8, 4) is 0 Å². The Bertz CT molecular complexity index is 286. The lowest BCUT2D eigenvalue weighted by molar-refractivity contribution is -0.109. The molecule has 13 heavy (non-hydrogen) atoms. The Kier molecular flexibility index (Phi) is 3.25. The largest absolute Gasteiger partial charge is 0.363 e. The van der Waals surface area contributed by atoms with E-state index in [0.29, 0.717) is 13.0 Å². The number of hydrogen-bond acceptors (Lipinski definition) is 3. The molecule has 1 N–H and O–H groups in total. The molecule has 1 aromatic heterocycles. The highest BCUT2D eigenvalue weighted by Crippen LogP contribution is 2.07. The summed E-state index contributed by atoms with van der Waals surface area (Å²) in [6.45, 7) is 0.477. The molecule has 0 saturated heterocycles. The van der Waals surface area contributed by atoms with Crippen molar-refractivity contribution in [1.29, 1.82) is 0 Å². The first kappa shape index (κ1) is 9.51.